The summed E-state index contributed by atoms with van der Waals surface area (Å²) >= 11 is 0. The molecule has 3 aromatic carbocycles. The van der Waals surface area contributed by atoms with Crippen molar-refractivity contribution in [1.29, 1.82) is 0 Å². The predicted octanol–water partition coefficient (Wildman–Crippen LogP) is 4.55. The molecule has 5 rings (SSSR count). The number of rotatable bonds is 3. The van der Waals surface area contributed by atoms with E-state index in [1.54, 1.807) is 0 Å². The standard InChI is InChI=1S/C20H12N2O5S/c23-28(24,25)14-9-10-18-16(11-14)22-20(27-18)13-7-5-12(6-8-13)19-21-15-3-1-2-4-17(15)26-19/h1-11H,(H,23,24,25). The molecule has 2 heterocycles. The first kappa shape index (κ1) is 16.7. The highest BCUT2D eigenvalue weighted by Gasteiger charge is 2.15. The van der Waals surface area contributed by atoms with Crippen LogP contribution in [0.2, 0.25) is 0 Å². The third kappa shape index (κ3) is 2.84. The number of aromatic nitrogens is 2. The van der Waals surface area contributed by atoms with E-state index in [0.717, 1.165) is 16.7 Å². The van der Waals surface area contributed by atoms with Crippen LogP contribution < -0.4 is 0 Å². The van der Waals surface area contributed by atoms with Crippen LogP contribution in [0.1, 0.15) is 0 Å². The molecule has 0 atom stereocenters. The molecule has 138 valence electrons. The van der Waals surface area contributed by atoms with E-state index in [9.17, 15) is 8.42 Å². The summed E-state index contributed by atoms with van der Waals surface area (Å²) in [5.41, 5.74) is 3.79. The summed E-state index contributed by atoms with van der Waals surface area (Å²) in [6.07, 6.45) is 0. The maximum atomic E-state index is 11.3. The van der Waals surface area contributed by atoms with Crippen LogP contribution >= 0.6 is 0 Å². The normalized spacial score (nSPS) is 12.0. The van der Waals surface area contributed by atoms with Crippen molar-refractivity contribution in [2.24, 2.45) is 0 Å². The molecule has 0 aliphatic rings. The number of nitrogens with zero attached hydrogens (tertiary/aromatic N) is 2. The van der Waals surface area contributed by atoms with Gasteiger partial charge < -0.3 is 8.83 Å². The Kier molecular flexibility index (Phi) is 3.58. The summed E-state index contributed by atoms with van der Waals surface area (Å²) in [6.45, 7) is 0. The molecule has 28 heavy (non-hydrogen) atoms. The Labute approximate surface area is 159 Å². The van der Waals surface area contributed by atoms with Crippen LogP contribution in [-0.4, -0.2) is 22.9 Å². The van der Waals surface area contributed by atoms with Crippen LogP contribution in [0.25, 0.3) is 45.1 Å². The Balaban J connectivity index is 1.51. The van der Waals surface area contributed by atoms with E-state index in [4.69, 9.17) is 13.4 Å². The van der Waals surface area contributed by atoms with Gasteiger partial charge in [0.05, 0.1) is 4.90 Å². The fraction of sp³-hybridized carbons (Fsp3) is 0. The maximum Gasteiger partial charge on any atom is 0.294 e. The monoisotopic (exact) mass is 392 g/mol. The summed E-state index contributed by atoms with van der Waals surface area (Å²) in [6, 6.07) is 18.9. The Morgan fingerprint density at radius 2 is 1.29 bits per heavy atom. The van der Waals surface area contributed by atoms with Gasteiger partial charge in [-0.1, -0.05) is 12.1 Å². The van der Waals surface area contributed by atoms with Gasteiger partial charge in [0.25, 0.3) is 10.1 Å². The predicted molar refractivity (Wildman–Crippen MR) is 102 cm³/mol. The number of hydrogen-bond donors (Lipinski definition) is 1. The quantitative estimate of drug-likeness (QED) is 0.449. The van der Waals surface area contributed by atoms with Crippen LogP contribution in [-0.2, 0) is 10.1 Å². The van der Waals surface area contributed by atoms with E-state index in [1.807, 2.05) is 48.5 Å². The summed E-state index contributed by atoms with van der Waals surface area (Å²) in [4.78, 5) is 8.55. The first-order valence-corrected chi connectivity index (χ1v) is 9.76. The van der Waals surface area contributed by atoms with Crippen molar-refractivity contribution >= 4 is 32.3 Å². The Hall–Kier alpha value is -3.49. The highest BCUT2D eigenvalue weighted by Crippen LogP contribution is 2.29. The van der Waals surface area contributed by atoms with E-state index >= 15 is 0 Å². The lowest BCUT2D eigenvalue weighted by molar-refractivity contribution is 0.483. The van der Waals surface area contributed by atoms with Crippen molar-refractivity contribution in [3.63, 3.8) is 0 Å². The van der Waals surface area contributed by atoms with Gasteiger partial charge in [0.2, 0.25) is 11.8 Å². The molecule has 0 aliphatic heterocycles. The second-order valence-corrected chi connectivity index (χ2v) is 7.61. The van der Waals surface area contributed by atoms with Crippen LogP contribution in [0, 0.1) is 0 Å². The average Bonchev–Trinajstić information content (AvgIpc) is 3.31. The zero-order chi connectivity index (χ0) is 19.3. The molecule has 0 bridgehead atoms. The van der Waals surface area contributed by atoms with E-state index < -0.39 is 10.1 Å². The summed E-state index contributed by atoms with van der Waals surface area (Å²) in [5.74, 6) is 0.856. The SMILES string of the molecule is O=S(=O)(O)c1ccc2oc(-c3ccc(-c4nc5ccccc5o4)cc3)nc2c1. The second-order valence-electron chi connectivity index (χ2n) is 6.19. The molecule has 8 heteroatoms. The lowest BCUT2D eigenvalue weighted by Crippen LogP contribution is -1.97. The Morgan fingerprint density at radius 3 is 1.89 bits per heavy atom. The van der Waals surface area contributed by atoms with Crippen LogP contribution in [0.4, 0.5) is 0 Å². The van der Waals surface area contributed by atoms with Crippen molar-refractivity contribution in [1.82, 2.24) is 9.97 Å². The van der Waals surface area contributed by atoms with Gasteiger partial charge in [-0.15, -0.1) is 0 Å². The minimum absolute atomic E-state index is 0.230. The zero-order valence-electron chi connectivity index (χ0n) is 14.2. The van der Waals surface area contributed by atoms with Crippen molar-refractivity contribution in [3.8, 4) is 22.9 Å². The van der Waals surface area contributed by atoms with Crippen molar-refractivity contribution < 1.29 is 21.8 Å². The van der Waals surface area contributed by atoms with Gasteiger partial charge in [-0.3, -0.25) is 4.55 Å². The van der Waals surface area contributed by atoms with Crippen molar-refractivity contribution in [2.45, 2.75) is 4.90 Å². The molecule has 0 spiro atoms. The van der Waals surface area contributed by atoms with E-state index in [-0.39, 0.29) is 4.90 Å². The van der Waals surface area contributed by atoms with Gasteiger partial charge >= 0.3 is 0 Å². The fourth-order valence-corrected chi connectivity index (χ4v) is 3.44. The van der Waals surface area contributed by atoms with Crippen LogP contribution in [0.5, 0.6) is 0 Å². The maximum absolute atomic E-state index is 11.3. The molecule has 0 amide bonds. The second kappa shape index (κ2) is 6.01. The van der Waals surface area contributed by atoms with Gasteiger partial charge in [0, 0.05) is 11.1 Å². The highest BCUT2D eigenvalue weighted by molar-refractivity contribution is 7.85. The van der Waals surface area contributed by atoms with E-state index in [0.29, 0.717) is 28.4 Å². The van der Waals surface area contributed by atoms with Crippen molar-refractivity contribution in [2.75, 3.05) is 0 Å². The molecule has 7 nitrogen and oxygen atoms in total. The number of para-hydroxylation sites is 2. The first-order chi connectivity index (χ1) is 13.5. The minimum atomic E-state index is -4.30. The molecule has 1 N–H and O–H groups in total. The smallest absolute Gasteiger partial charge is 0.294 e. The third-order valence-corrected chi connectivity index (χ3v) is 5.18. The topological polar surface area (TPSA) is 106 Å². The minimum Gasteiger partial charge on any atom is -0.436 e. The first-order valence-electron chi connectivity index (χ1n) is 8.32. The van der Waals surface area contributed by atoms with Crippen molar-refractivity contribution in [3.05, 3.63) is 66.7 Å². The number of oxazole rings is 2. The van der Waals surface area contributed by atoms with Gasteiger partial charge in [-0.05, 0) is 54.6 Å². The van der Waals surface area contributed by atoms with Crippen LogP contribution in [0.15, 0.2) is 80.5 Å². The zero-order valence-corrected chi connectivity index (χ0v) is 15.1. The average molecular weight is 392 g/mol. The Bertz CT molecular complexity index is 1400. The summed E-state index contributed by atoms with van der Waals surface area (Å²) < 4.78 is 43.2. The molecule has 0 aliphatic carbocycles. The number of fused-ring (bicyclic) bond motifs is 2. The molecule has 0 saturated heterocycles. The molecule has 5 aromatic rings. The Morgan fingerprint density at radius 1 is 0.714 bits per heavy atom. The van der Waals surface area contributed by atoms with Gasteiger partial charge in [0.1, 0.15) is 11.0 Å². The summed E-state index contributed by atoms with van der Waals surface area (Å²) in [7, 11) is -4.30. The third-order valence-electron chi connectivity index (χ3n) is 4.33. The highest BCUT2D eigenvalue weighted by atomic mass is 32.2. The molecular formula is C20H12N2O5S. The largest absolute Gasteiger partial charge is 0.436 e. The lowest BCUT2D eigenvalue weighted by Gasteiger charge is -1.97. The molecule has 0 unspecified atom stereocenters. The molecule has 0 fully saturated rings. The van der Waals surface area contributed by atoms with Gasteiger partial charge in [-0.25, -0.2) is 9.97 Å². The fourth-order valence-electron chi connectivity index (χ4n) is 2.94. The molecular weight excluding hydrogens is 380 g/mol. The lowest BCUT2D eigenvalue weighted by atomic mass is 10.1. The molecule has 0 saturated carbocycles. The molecule has 0 radical (unpaired) electrons. The van der Waals surface area contributed by atoms with E-state index in [2.05, 4.69) is 9.97 Å². The van der Waals surface area contributed by atoms with Gasteiger partial charge in [-0.2, -0.15) is 8.42 Å². The summed E-state index contributed by atoms with van der Waals surface area (Å²) in [5, 5.41) is 0. The van der Waals surface area contributed by atoms with E-state index in [1.165, 1.54) is 18.2 Å². The number of benzene rings is 3. The molecule has 2 aromatic heterocycles. The number of hydrogen-bond acceptors (Lipinski definition) is 6. The van der Waals surface area contributed by atoms with Gasteiger partial charge in [0.15, 0.2) is 11.2 Å². The van der Waals surface area contributed by atoms with Crippen LogP contribution in [0.3, 0.4) is 0 Å².